The number of hydrogen-bond acceptors (Lipinski definition) is 8. The van der Waals surface area contributed by atoms with E-state index < -0.39 is 18.4 Å². The number of piperidine rings is 1. The lowest BCUT2D eigenvalue weighted by Crippen LogP contribution is -2.61. The van der Waals surface area contributed by atoms with Gasteiger partial charge in [-0.05, 0) is 93.2 Å². The second-order valence-corrected chi connectivity index (χ2v) is 16.8. The molecule has 10 nitrogen and oxygen atoms in total. The number of amides is 2. The number of fused-ring (bicyclic) bond motifs is 1. The maximum atomic E-state index is 13.9. The second kappa shape index (κ2) is 17.8. The Kier molecular flexibility index (Phi) is 13.1. The Labute approximate surface area is 326 Å². The van der Waals surface area contributed by atoms with Gasteiger partial charge in [0.15, 0.2) is 12.4 Å². The van der Waals surface area contributed by atoms with Gasteiger partial charge in [0.1, 0.15) is 0 Å². The average molecular weight is 754 g/mol. The van der Waals surface area contributed by atoms with Crippen molar-refractivity contribution in [3.63, 3.8) is 0 Å². The number of esters is 1. The van der Waals surface area contributed by atoms with E-state index in [1.54, 1.807) is 6.92 Å². The molecule has 1 aliphatic carbocycles. The minimum Gasteiger partial charge on any atom is -0.453 e. The molecule has 6 rings (SSSR count). The molecule has 8 atom stereocenters. The molecule has 8 unspecified atom stereocenters. The van der Waals surface area contributed by atoms with Crippen LogP contribution in [0.25, 0.3) is 11.1 Å². The molecule has 1 saturated carbocycles. The Hall–Kier alpha value is -4.09. The van der Waals surface area contributed by atoms with E-state index in [9.17, 15) is 19.5 Å². The standard InChI is InChI=1S/C45H59N3O7/c1-28-40(26-48-38-13-8-7-11-34(38)22-23-39(48)43(52)47-45(4,5)6)54-44(55-41(28)35-16-14-31(27-49)15-17-35)36-20-18-33(19-21-36)37-12-9-10-32(24-37)25-46-42(51)29(2)53-30(3)50/h9-10,12,14-21,24,28-29,34,38-41,44,49H,7-8,11,13,22-23,25-27H2,1-6H3,(H,46,51)(H,47,52). The van der Waals surface area contributed by atoms with Crippen LogP contribution in [0.3, 0.4) is 0 Å². The molecule has 3 aromatic carbocycles. The van der Waals surface area contributed by atoms with E-state index >= 15 is 0 Å². The summed E-state index contributed by atoms with van der Waals surface area (Å²) in [5, 5.41) is 15.9. The minimum absolute atomic E-state index is 0.00830. The summed E-state index contributed by atoms with van der Waals surface area (Å²) >= 11 is 0. The van der Waals surface area contributed by atoms with Crippen molar-refractivity contribution in [2.45, 2.75) is 135 Å². The molecule has 3 N–H and O–H groups in total. The van der Waals surface area contributed by atoms with Crippen molar-refractivity contribution in [2.24, 2.45) is 11.8 Å². The highest BCUT2D eigenvalue weighted by Gasteiger charge is 2.46. The SMILES string of the molecule is CC(=O)OC(C)C(=O)NCc1cccc(-c2ccc(C3OC(CN4C(C(=O)NC(C)(C)C)CCC5CCCCC54)C(C)C(c4ccc(CO)cc4)O3)cc2)c1. The number of likely N-dealkylation sites (tertiary alicyclic amines) is 1. The minimum atomic E-state index is -0.863. The number of nitrogens with one attached hydrogen (secondary N) is 2. The Morgan fingerprint density at radius 3 is 2.29 bits per heavy atom. The van der Waals surface area contributed by atoms with Crippen LogP contribution < -0.4 is 10.6 Å². The lowest BCUT2D eigenvalue weighted by molar-refractivity contribution is -0.278. The fourth-order valence-electron chi connectivity index (χ4n) is 8.59. The van der Waals surface area contributed by atoms with Crippen molar-refractivity contribution in [2.75, 3.05) is 6.54 Å². The predicted octanol–water partition coefficient (Wildman–Crippen LogP) is 7.14. The lowest BCUT2D eigenvalue weighted by Gasteiger charge is -2.51. The summed E-state index contributed by atoms with van der Waals surface area (Å²) in [6, 6.07) is 24.3. The lowest BCUT2D eigenvalue weighted by atomic mass is 9.75. The van der Waals surface area contributed by atoms with Gasteiger partial charge in [-0.2, -0.15) is 0 Å². The van der Waals surface area contributed by atoms with E-state index in [0.717, 1.165) is 52.6 Å². The number of aliphatic hydroxyl groups excluding tert-OH is 1. The summed E-state index contributed by atoms with van der Waals surface area (Å²) in [4.78, 5) is 40.0. The van der Waals surface area contributed by atoms with E-state index in [1.165, 1.54) is 26.2 Å². The van der Waals surface area contributed by atoms with Crippen LogP contribution in [0.5, 0.6) is 0 Å². The largest absolute Gasteiger partial charge is 0.453 e. The van der Waals surface area contributed by atoms with Crippen molar-refractivity contribution in [3.05, 3.63) is 95.1 Å². The third kappa shape index (κ3) is 10.2. The number of hydrogen-bond donors (Lipinski definition) is 3. The smallest absolute Gasteiger partial charge is 0.303 e. The highest BCUT2D eigenvalue weighted by Crippen LogP contribution is 2.44. The molecule has 3 aromatic rings. The molecule has 0 aromatic heterocycles. The van der Waals surface area contributed by atoms with E-state index in [-0.39, 0.29) is 48.1 Å². The Balaban J connectivity index is 1.24. The molecule has 0 bridgehead atoms. The van der Waals surface area contributed by atoms with Crippen molar-refractivity contribution in [1.82, 2.24) is 15.5 Å². The molecular weight excluding hydrogens is 695 g/mol. The molecule has 2 aliphatic heterocycles. The van der Waals surface area contributed by atoms with Crippen LogP contribution in [0.15, 0.2) is 72.8 Å². The van der Waals surface area contributed by atoms with Gasteiger partial charge in [-0.3, -0.25) is 19.3 Å². The topological polar surface area (TPSA) is 126 Å². The van der Waals surface area contributed by atoms with Crippen LogP contribution in [-0.2, 0) is 41.7 Å². The normalized spacial score (nSPS) is 26.3. The number of nitrogens with zero attached hydrogens (tertiary/aromatic N) is 1. The second-order valence-electron chi connectivity index (χ2n) is 16.8. The number of carbonyl (C=O) groups is 3. The van der Waals surface area contributed by atoms with E-state index in [2.05, 4.69) is 34.6 Å². The van der Waals surface area contributed by atoms with Crippen LogP contribution in [0.4, 0.5) is 0 Å². The van der Waals surface area contributed by atoms with Crippen LogP contribution in [0, 0.1) is 11.8 Å². The summed E-state index contributed by atoms with van der Waals surface area (Å²) in [5.74, 6) is -0.168. The zero-order valence-corrected chi connectivity index (χ0v) is 33.3. The molecule has 0 spiro atoms. The number of ether oxygens (including phenoxy) is 3. The summed E-state index contributed by atoms with van der Waals surface area (Å²) < 4.78 is 18.8. The molecule has 2 amide bonds. The summed E-state index contributed by atoms with van der Waals surface area (Å²) in [6.07, 6.45) is 4.69. The first kappa shape index (κ1) is 40.6. The Bertz CT molecular complexity index is 1770. The van der Waals surface area contributed by atoms with Gasteiger partial charge < -0.3 is 30.0 Å². The molecule has 3 fully saturated rings. The Morgan fingerprint density at radius 1 is 0.891 bits per heavy atom. The molecule has 296 valence electrons. The van der Waals surface area contributed by atoms with Gasteiger partial charge in [0.2, 0.25) is 5.91 Å². The van der Waals surface area contributed by atoms with Crippen molar-refractivity contribution in [3.8, 4) is 11.1 Å². The van der Waals surface area contributed by atoms with Gasteiger partial charge in [-0.1, -0.05) is 86.5 Å². The van der Waals surface area contributed by atoms with Gasteiger partial charge in [-0.15, -0.1) is 0 Å². The summed E-state index contributed by atoms with van der Waals surface area (Å²) in [6.45, 7) is 12.1. The van der Waals surface area contributed by atoms with Gasteiger partial charge >= 0.3 is 5.97 Å². The summed E-state index contributed by atoms with van der Waals surface area (Å²) in [5.41, 5.74) is 5.38. The fraction of sp³-hybridized carbons (Fsp3) is 0.533. The first-order chi connectivity index (χ1) is 26.3. The maximum Gasteiger partial charge on any atom is 0.303 e. The van der Waals surface area contributed by atoms with Crippen molar-refractivity contribution < 1.29 is 33.7 Å². The highest BCUT2D eigenvalue weighted by molar-refractivity contribution is 5.83. The average Bonchev–Trinajstić information content (AvgIpc) is 3.17. The number of rotatable bonds is 11. The van der Waals surface area contributed by atoms with E-state index in [1.807, 2.05) is 81.4 Å². The monoisotopic (exact) mass is 753 g/mol. The maximum absolute atomic E-state index is 13.9. The third-order valence-electron chi connectivity index (χ3n) is 11.4. The van der Waals surface area contributed by atoms with Crippen LogP contribution >= 0.6 is 0 Å². The van der Waals surface area contributed by atoms with Gasteiger partial charge in [0.05, 0.1) is 24.9 Å². The number of carbonyl (C=O) groups excluding carboxylic acids is 3. The molecule has 0 radical (unpaired) electrons. The van der Waals surface area contributed by atoms with Crippen LogP contribution in [0.1, 0.15) is 115 Å². The number of benzene rings is 3. The number of aliphatic hydroxyl groups is 1. The zero-order chi connectivity index (χ0) is 39.3. The third-order valence-corrected chi connectivity index (χ3v) is 11.4. The van der Waals surface area contributed by atoms with E-state index in [0.29, 0.717) is 25.0 Å². The predicted molar refractivity (Wildman–Crippen MR) is 211 cm³/mol. The fourth-order valence-corrected chi connectivity index (χ4v) is 8.59. The first-order valence-electron chi connectivity index (χ1n) is 20.0. The molecule has 2 heterocycles. The van der Waals surface area contributed by atoms with E-state index in [4.69, 9.17) is 14.2 Å². The van der Waals surface area contributed by atoms with Gasteiger partial charge in [-0.25, -0.2) is 0 Å². The van der Waals surface area contributed by atoms with Crippen LogP contribution in [0.2, 0.25) is 0 Å². The van der Waals surface area contributed by atoms with Crippen molar-refractivity contribution >= 4 is 17.8 Å². The molecular formula is C45H59N3O7. The van der Waals surface area contributed by atoms with Crippen LogP contribution in [-0.4, -0.2) is 64.2 Å². The quantitative estimate of drug-likeness (QED) is 0.177. The first-order valence-corrected chi connectivity index (χ1v) is 20.0. The molecule has 10 heteroatoms. The molecule has 2 saturated heterocycles. The highest BCUT2D eigenvalue weighted by atomic mass is 16.7. The van der Waals surface area contributed by atoms with Gasteiger partial charge in [0, 0.05) is 43.1 Å². The molecule has 55 heavy (non-hydrogen) atoms. The summed E-state index contributed by atoms with van der Waals surface area (Å²) in [7, 11) is 0. The zero-order valence-electron chi connectivity index (χ0n) is 33.3. The molecule has 3 aliphatic rings. The van der Waals surface area contributed by atoms with Crippen molar-refractivity contribution in [1.29, 1.82) is 0 Å². The Morgan fingerprint density at radius 2 is 1.60 bits per heavy atom. The van der Waals surface area contributed by atoms with Gasteiger partial charge in [0.25, 0.3) is 5.91 Å².